The summed E-state index contributed by atoms with van der Waals surface area (Å²) >= 11 is 3.47. The summed E-state index contributed by atoms with van der Waals surface area (Å²) < 4.78 is 14.8. The molecule has 1 atom stereocenters. The van der Waals surface area contributed by atoms with Gasteiger partial charge in [-0.05, 0) is 31.5 Å². The molecule has 0 saturated carbocycles. The van der Waals surface area contributed by atoms with Gasteiger partial charge in [-0.15, -0.1) is 0 Å². The molecule has 0 aliphatic heterocycles. The summed E-state index contributed by atoms with van der Waals surface area (Å²) in [6, 6.07) is 5.32. The van der Waals surface area contributed by atoms with E-state index in [1.54, 1.807) is 12.1 Å². The first kappa shape index (κ1) is 15.6. The summed E-state index contributed by atoms with van der Waals surface area (Å²) in [5, 5.41) is 3.46. The average molecular weight is 316 g/mol. The Balaban J connectivity index is 2.79. The molecular formula is C15H23BrFN. The minimum absolute atomic E-state index is 0.116. The Bertz CT molecular complexity index is 334. The van der Waals surface area contributed by atoms with Crippen molar-refractivity contribution >= 4 is 15.9 Å². The first-order valence-corrected chi connectivity index (χ1v) is 7.67. The molecule has 1 aromatic carbocycles. The van der Waals surface area contributed by atoms with Crippen LogP contribution in [-0.4, -0.2) is 6.54 Å². The fourth-order valence-electron chi connectivity index (χ4n) is 2.11. The summed E-state index contributed by atoms with van der Waals surface area (Å²) in [5.41, 5.74) is 0.780. The van der Waals surface area contributed by atoms with Crippen LogP contribution in [-0.2, 0) is 0 Å². The normalized spacial score (nSPS) is 12.7. The third-order valence-corrected chi connectivity index (χ3v) is 3.78. The van der Waals surface area contributed by atoms with Gasteiger partial charge in [-0.1, -0.05) is 55.1 Å². The maximum atomic E-state index is 14.0. The molecule has 1 aromatic rings. The van der Waals surface area contributed by atoms with Gasteiger partial charge < -0.3 is 5.32 Å². The molecule has 0 bridgehead atoms. The number of halogens is 2. The van der Waals surface area contributed by atoms with Gasteiger partial charge in [-0.25, -0.2) is 4.39 Å². The summed E-state index contributed by atoms with van der Waals surface area (Å²) in [7, 11) is 0. The number of hydrogen-bond donors (Lipinski definition) is 1. The molecule has 0 saturated heterocycles. The summed E-state index contributed by atoms with van der Waals surface area (Å²) in [4.78, 5) is 0. The molecule has 0 radical (unpaired) electrons. The maximum Gasteiger partial charge on any atom is 0.129 e. The van der Waals surface area contributed by atoms with E-state index in [1.807, 2.05) is 6.07 Å². The van der Waals surface area contributed by atoms with Crippen molar-refractivity contribution in [2.24, 2.45) is 0 Å². The van der Waals surface area contributed by atoms with Gasteiger partial charge in [0, 0.05) is 16.1 Å². The lowest BCUT2D eigenvalue weighted by molar-refractivity contribution is 0.453. The highest BCUT2D eigenvalue weighted by atomic mass is 79.9. The minimum atomic E-state index is -0.116. The first-order chi connectivity index (χ1) is 8.70. The van der Waals surface area contributed by atoms with E-state index in [2.05, 4.69) is 35.1 Å². The third-order valence-electron chi connectivity index (χ3n) is 3.09. The van der Waals surface area contributed by atoms with E-state index in [9.17, 15) is 4.39 Å². The number of unbranched alkanes of at least 4 members (excludes halogenated alkanes) is 2. The third kappa shape index (κ3) is 4.69. The first-order valence-electron chi connectivity index (χ1n) is 6.88. The molecule has 0 aliphatic carbocycles. The van der Waals surface area contributed by atoms with Crippen LogP contribution in [0.2, 0.25) is 0 Å². The van der Waals surface area contributed by atoms with Gasteiger partial charge in [0.1, 0.15) is 5.82 Å². The van der Waals surface area contributed by atoms with Gasteiger partial charge in [0.15, 0.2) is 0 Å². The zero-order valence-electron chi connectivity index (χ0n) is 11.3. The largest absolute Gasteiger partial charge is 0.310 e. The van der Waals surface area contributed by atoms with Crippen molar-refractivity contribution < 1.29 is 4.39 Å². The van der Waals surface area contributed by atoms with Gasteiger partial charge in [0.25, 0.3) is 0 Å². The Labute approximate surface area is 118 Å². The van der Waals surface area contributed by atoms with Crippen LogP contribution in [0, 0.1) is 5.82 Å². The molecule has 18 heavy (non-hydrogen) atoms. The lowest BCUT2D eigenvalue weighted by Gasteiger charge is -2.21. The quantitative estimate of drug-likeness (QED) is 0.649. The monoisotopic (exact) mass is 315 g/mol. The maximum absolute atomic E-state index is 14.0. The van der Waals surface area contributed by atoms with Gasteiger partial charge in [-0.3, -0.25) is 0 Å². The van der Waals surface area contributed by atoms with E-state index in [0.717, 1.165) is 35.8 Å². The number of benzene rings is 1. The van der Waals surface area contributed by atoms with Crippen molar-refractivity contribution in [1.29, 1.82) is 0 Å². The van der Waals surface area contributed by atoms with Gasteiger partial charge in [0.05, 0.1) is 0 Å². The van der Waals surface area contributed by atoms with Crippen molar-refractivity contribution in [2.75, 3.05) is 6.54 Å². The van der Waals surface area contributed by atoms with E-state index >= 15 is 0 Å². The highest BCUT2D eigenvalue weighted by molar-refractivity contribution is 9.10. The van der Waals surface area contributed by atoms with Gasteiger partial charge in [-0.2, -0.15) is 0 Å². The number of nitrogens with one attached hydrogen (secondary N) is 1. The van der Waals surface area contributed by atoms with E-state index in [-0.39, 0.29) is 11.9 Å². The van der Waals surface area contributed by atoms with Crippen LogP contribution < -0.4 is 5.32 Å². The predicted octanol–water partition coefficient (Wildman–Crippen LogP) is 5.21. The van der Waals surface area contributed by atoms with Crippen LogP contribution in [0.15, 0.2) is 22.7 Å². The van der Waals surface area contributed by atoms with Crippen LogP contribution in [0.3, 0.4) is 0 Å². The van der Waals surface area contributed by atoms with Crippen LogP contribution >= 0.6 is 15.9 Å². The SMILES string of the molecule is CCCCCC(NCCC)c1c(F)cccc1Br. The fraction of sp³-hybridized carbons (Fsp3) is 0.600. The summed E-state index contributed by atoms with van der Waals surface area (Å²) in [5.74, 6) is -0.116. The van der Waals surface area contributed by atoms with Crippen LogP contribution in [0.1, 0.15) is 57.6 Å². The lowest BCUT2D eigenvalue weighted by atomic mass is 9.99. The zero-order chi connectivity index (χ0) is 13.4. The van der Waals surface area contributed by atoms with Crippen LogP contribution in [0.5, 0.6) is 0 Å². The molecule has 0 aliphatic rings. The van der Waals surface area contributed by atoms with Crippen molar-refractivity contribution in [2.45, 2.75) is 52.0 Å². The molecule has 0 fully saturated rings. The standard InChI is InChI=1S/C15H23BrFN/c1-3-5-6-10-14(18-11-4-2)15-12(16)8-7-9-13(15)17/h7-9,14,18H,3-6,10-11H2,1-2H3. The molecule has 1 rings (SSSR count). The molecule has 0 amide bonds. The second kappa shape index (κ2) is 8.65. The molecule has 102 valence electrons. The second-order valence-electron chi connectivity index (χ2n) is 4.64. The Kier molecular flexibility index (Phi) is 7.52. The van der Waals surface area contributed by atoms with Crippen LogP contribution in [0.25, 0.3) is 0 Å². The molecule has 1 N–H and O–H groups in total. The lowest BCUT2D eigenvalue weighted by Crippen LogP contribution is -2.23. The Morgan fingerprint density at radius 1 is 1.22 bits per heavy atom. The molecule has 0 aromatic heterocycles. The molecule has 1 nitrogen and oxygen atoms in total. The smallest absolute Gasteiger partial charge is 0.129 e. The van der Waals surface area contributed by atoms with E-state index < -0.39 is 0 Å². The van der Waals surface area contributed by atoms with Crippen molar-refractivity contribution in [3.05, 3.63) is 34.1 Å². The van der Waals surface area contributed by atoms with E-state index in [0.29, 0.717) is 0 Å². The fourth-order valence-corrected chi connectivity index (χ4v) is 2.73. The zero-order valence-corrected chi connectivity index (χ0v) is 12.9. The highest BCUT2D eigenvalue weighted by Gasteiger charge is 2.17. The van der Waals surface area contributed by atoms with Crippen molar-refractivity contribution in [3.8, 4) is 0 Å². The topological polar surface area (TPSA) is 12.0 Å². The Hall–Kier alpha value is -0.410. The Morgan fingerprint density at radius 2 is 2.00 bits per heavy atom. The molecular weight excluding hydrogens is 293 g/mol. The van der Waals surface area contributed by atoms with Crippen LogP contribution in [0.4, 0.5) is 4.39 Å². The summed E-state index contributed by atoms with van der Waals surface area (Å²) in [6.07, 6.45) is 5.59. The number of hydrogen-bond acceptors (Lipinski definition) is 1. The number of rotatable bonds is 8. The molecule has 0 spiro atoms. The van der Waals surface area contributed by atoms with Gasteiger partial charge in [0.2, 0.25) is 0 Å². The molecule has 0 heterocycles. The van der Waals surface area contributed by atoms with E-state index in [1.165, 1.54) is 12.8 Å². The minimum Gasteiger partial charge on any atom is -0.310 e. The predicted molar refractivity (Wildman–Crippen MR) is 79.3 cm³/mol. The Morgan fingerprint density at radius 3 is 2.61 bits per heavy atom. The highest BCUT2D eigenvalue weighted by Crippen LogP contribution is 2.29. The van der Waals surface area contributed by atoms with Gasteiger partial charge >= 0.3 is 0 Å². The van der Waals surface area contributed by atoms with Crippen molar-refractivity contribution in [1.82, 2.24) is 5.32 Å². The second-order valence-corrected chi connectivity index (χ2v) is 5.49. The molecule has 3 heteroatoms. The van der Waals surface area contributed by atoms with E-state index in [4.69, 9.17) is 0 Å². The summed E-state index contributed by atoms with van der Waals surface area (Å²) in [6.45, 7) is 5.25. The average Bonchev–Trinajstić information content (AvgIpc) is 2.35. The molecule has 1 unspecified atom stereocenters. The van der Waals surface area contributed by atoms with Crippen molar-refractivity contribution in [3.63, 3.8) is 0 Å².